The average Bonchev–Trinajstić information content (AvgIpc) is 3.32. The van der Waals surface area contributed by atoms with Crippen LogP contribution in [0.1, 0.15) is 45.2 Å². The molecule has 2 amide bonds. The first-order valence-electron chi connectivity index (χ1n) is 13.0. The summed E-state index contributed by atoms with van der Waals surface area (Å²) in [6, 6.07) is 11.8. The number of hydrogen-bond donors (Lipinski definition) is 1. The van der Waals surface area contributed by atoms with Crippen molar-refractivity contribution in [2.75, 3.05) is 40.5 Å². The van der Waals surface area contributed by atoms with Crippen molar-refractivity contribution in [2.45, 2.75) is 46.2 Å². The summed E-state index contributed by atoms with van der Waals surface area (Å²) in [5, 5.41) is 11.4. The van der Waals surface area contributed by atoms with E-state index < -0.39 is 6.04 Å². The predicted octanol–water partition coefficient (Wildman–Crippen LogP) is 3.61. The van der Waals surface area contributed by atoms with Gasteiger partial charge >= 0.3 is 0 Å². The van der Waals surface area contributed by atoms with Gasteiger partial charge < -0.3 is 24.4 Å². The fourth-order valence-corrected chi connectivity index (χ4v) is 4.21. The Morgan fingerprint density at radius 3 is 2.61 bits per heavy atom. The minimum absolute atomic E-state index is 0.0661. The molecule has 0 aliphatic heterocycles. The molecule has 3 aromatic rings. The van der Waals surface area contributed by atoms with Crippen molar-refractivity contribution in [2.24, 2.45) is 5.92 Å². The molecule has 0 aliphatic rings. The highest BCUT2D eigenvalue weighted by Gasteiger charge is 2.34. The van der Waals surface area contributed by atoms with Crippen LogP contribution in [0.3, 0.4) is 0 Å². The Balaban J connectivity index is 2.00. The summed E-state index contributed by atoms with van der Waals surface area (Å²) in [5.41, 5.74) is 2.02. The molecule has 1 N–H and O–H groups in total. The number of para-hydroxylation sites is 1. The van der Waals surface area contributed by atoms with Crippen LogP contribution < -0.4 is 14.8 Å². The van der Waals surface area contributed by atoms with Crippen LogP contribution >= 0.6 is 0 Å². The fourth-order valence-electron chi connectivity index (χ4n) is 4.21. The van der Waals surface area contributed by atoms with Crippen molar-refractivity contribution in [1.29, 1.82) is 0 Å². The number of ether oxygens (including phenoxy) is 3. The molecule has 0 bridgehead atoms. The molecule has 0 saturated heterocycles. The number of amides is 2. The van der Waals surface area contributed by atoms with E-state index in [-0.39, 0.29) is 18.4 Å². The predicted molar refractivity (Wildman–Crippen MR) is 145 cm³/mol. The quantitative estimate of drug-likeness (QED) is 0.302. The van der Waals surface area contributed by atoms with Crippen molar-refractivity contribution in [3.8, 4) is 11.5 Å². The normalized spacial score (nSPS) is 11.9. The van der Waals surface area contributed by atoms with Crippen LogP contribution in [0.15, 0.2) is 42.5 Å². The number of rotatable bonds is 15. The van der Waals surface area contributed by atoms with Crippen LogP contribution in [-0.4, -0.2) is 72.2 Å². The van der Waals surface area contributed by atoms with Gasteiger partial charge in [0.05, 0.1) is 19.7 Å². The highest BCUT2D eigenvalue weighted by atomic mass is 16.5. The molecule has 1 heterocycles. The van der Waals surface area contributed by atoms with Crippen LogP contribution in [0.5, 0.6) is 11.5 Å². The SMILES string of the molecule is CCOCCCN(C(=O)Cn1nnc2ccccc21)[C@H](C(=O)NCCC(C)C)c1ccc(OC)cc1OC. The Morgan fingerprint density at radius 1 is 1.11 bits per heavy atom. The van der Waals surface area contributed by atoms with E-state index in [4.69, 9.17) is 14.2 Å². The van der Waals surface area contributed by atoms with Gasteiger partial charge in [0.2, 0.25) is 11.8 Å². The molecule has 10 heteroatoms. The molecular weight excluding hydrogens is 486 g/mol. The van der Waals surface area contributed by atoms with E-state index in [1.54, 1.807) is 34.9 Å². The van der Waals surface area contributed by atoms with Gasteiger partial charge in [-0.2, -0.15) is 0 Å². The van der Waals surface area contributed by atoms with E-state index in [9.17, 15) is 9.59 Å². The zero-order valence-electron chi connectivity index (χ0n) is 23.0. The molecule has 0 aliphatic carbocycles. The summed E-state index contributed by atoms with van der Waals surface area (Å²) in [6.07, 6.45) is 1.38. The third kappa shape index (κ3) is 7.44. The average molecular weight is 526 g/mol. The summed E-state index contributed by atoms with van der Waals surface area (Å²) in [4.78, 5) is 29.2. The lowest BCUT2D eigenvalue weighted by molar-refractivity contribution is -0.141. The van der Waals surface area contributed by atoms with Crippen molar-refractivity contribution >= 4 is 22.8 Å². The van der Waals surface area contributed by atoms with Gasteiger partial charge in [-0.3, -0.25) is 9.59 Å². The summed E-state index contributed by atoms with van der Waals surface area (Å²) >= 11 is 0. The lowest BCUT2D eigenvalue weighted by Gasteiger charge is -2.32. The number of fused-ring (bicyclic) bond motifs is 1. The second kappa shape index (κ2) is 14.3. The van der Waals surface area contributed by atoms with Crippen molar-refractivity contribution < 1.29 is 23.8 Å². The van der Waals surface area contributed by atoms with E-state index in [1.807, 2.05) is 31.2 Å². The number of carbonyl (C=O) groups excluding carboxylic acids is 2. The second-order valence-corrected chi connectivity index (χ2v) is 9.36. The largest absolute Gasteiger partial charge is 0.497 e. The van der Waals surface area contributed by atoms with Crippen LogP contribution in [-0.2, 0) is 20.9 Å². The first kappa shape index (κ1) is 28.9. The van der Waals surface area contributed by atoms with Gasteiger partial charge in [0.25, 0.3) is 0 Å². The van der Waals surface area contributed by atoms with Gasteiger partial charge in [0.1, 0.15) is 29.6 Å². The molecule has 2 aromatic carbocycles. The maximum Gasteiger partial charge on any atom is 0.247 e. The monoisotopic (exact) mass is 525 g/mol. The number of hydrogen-bond acceptors (Lipinski definition) is 7. The van der Waals surface area contributed by atoms with Crippen molar-refractivity contribution in [3.05, 3.63) is 48.0 Å². The van der Waals surface area contributed by atoms with Crippen LogP contribution in [0.2, 0.25) is 0 Å². The minimum Gasteiger partial charge on any atom is -0.497 e. The summed E-state index contributed by atoms with van der Waals surface area (Å²) in [5.74, 6) is 0.935. The fraction of sp³-hybridized carbons (Fsp3) is 0.500. The number of nitrogens with one attached hydrogen (secondary N) is 1. The molecule has 1 atom stereocenters. The summed E-state index contributed by atoms with van der Waals surface area (Å²) in [6.45, 7) is 7.90. The smallest absolute Gasteiger partial charge is 0.247 e. The molecule has 0 spiro atoms. The second-order valence-electron chi connectivity index (χ2n) is 9.36. The van der Waals surface area contributed by atoms with E-state index in [0.29, 0.717) is 61.2 Å². The molecule has 0 radical (unpaired) electrons. The van der Waals surface area contributed by atoms with Gasteiger partial charge in [-0.15, -0.1) is 5.10 Å². The molecule has 0 saturated carbocycles. The Morgan fingerprint density at radius 2 is 1.89 bits per heavy atom. The summed E-state index contributed by atoms with van der Waals surface area (Å²) < 4.78 is 18.1. The molecule has 206 valence electrons. The lowest BCUT2D eigenvalue weighted by Crippen LogP contribution is -2.46. The van der Waals surface area contributed by atoms with E-state index >= 15 is 0 Å². The van der Waals surface area contributed by atoms with Crippen molar-refractivity contribution in [3.63, 3.8) is 0 Å². The molecule has 10 nitrogen and oxygen atoms in total. The zero-order valence-corrected chi connectivity index (χ0v) is 23.0. The first-order valence-corrected chi connectivity index (χ1v) is 13.0. The Labute approximate surface area is 224 Å². The number of methoxy groups -OCH3 is 2. The minimum atomic E-state index is -0.924. The lowest BCUT2D eigenvalue weighted by atomic mass is 10.0. The maximum atomic E-state index is 13.9. The molecular formula is C28H39N5O5. The highest BCUT2D eigenvalue weighted by Crippen LogP contribution is 2.33. The third-order valence-corrected chi connectivity index (χ3v) is 6.23. The Bertz CT molecular complexity index is 1200. The van der Waals surface area contributed by atoms with Crippen molar-refractivity contribution in [1.82, 2.24) is 25.2 Å². The van der Waals surface area contributed by atoms with Crippen LogP contribution in [0, 0.1) is 5.92 Å². The molecule has 38 heavy (non-hydrogen) atoms. The number of nitrogens with zero attached hydrogens (tertiary/aromatic N) is 4. The topological polar surface area (TPSA) is 108 Å². The van der Waals surface area contributed by atoms with Gasteiger partial charge in [0.15, 0.2) is 0 Å². The van der Waals surface area contributed by atoms with E-state index in [0.717, 1.165) is 11.9 Å². The van der Waals surface area contributed by atoms with Crippen LogP contribution in [0.25, 0.3) is 11.0 Å². The van der Waals surface area contributed by atoms with Gasteiger partial charge in [-0.1, -0.05) is 31.2 Å². The van der Waals surface area contributed by atoms with E-state index in [1.165, 1.54) is 7.11 Å². The standard InChI is InChI=1S/C28H39N5O5/c1-6-38-17-9-16-32(26(34)19-33-24-11-8-7-10-23(24)30-31-33)27(28(35)29-15-14-20(2)3)22-13-12-21(36-4)18-25(22)37-5/h7-8,10-13,18,20,27H,6,9,14-17,19H2,1-5H3,(H,29,35)/t27-/m0/s1. The molecule has 0 fully saturated rings. The highest BCUT2D eigenvalue weighted by molar-refractivity contribution is 5.90. The molecule has 0 unspecified atom stereocenters. The van der Waals surface area contributed by atoms with E-state index in [2.05, 4.69) is 29.5 Å². The third-order valence-electron chi connectivity index (χ3n) is 6.23. The zero-order chi connectivity index (χ0) is 27.5. The Hall–Kier alpha value is -3.66. The summed E-state index contributed by atoms with van der Waals surface area (Å²) in [7, 11) is 3.10. The number of benzene rings is 2. The maximum absolute atomic E-state index is 13.9. The number of aromatic nitrogens is 3. The molecule has 3 rings (SSSR count). The van der Waals surface area contributed by atoms with Gasteiger partial charge in [-0.25, -0.2) is 4.68 Å². The first-order chi connectivity index (χ1) is 18.4. The molecule has 1 aromatic heterocycles. The van der Waals surface area contributed by atoms with Gasteiger partial charge in [0, 0.05) is 37.9 Å². The van der Waals surface area contributed by atoms with Crippen LogP contribution in [0.4, 0.5) is 0 Å². The van der Waals surface area contributed by atoms with Gasteiger partial charge in [-0.05, 0) is 49.9 Å². The Kier molecular flexibility index (Phi) is 10.9. The number of carbonyl (C=O) groups is 2.